The smallest absolute Gasteiger partial charge is 0.360 e. The normalized spacial score (nSPS) is 10.7. The lowest BCUT2D eigenvalue weighted by molar-refractivity contribution is 0.0590. The highest BCUT2D eigenvalue weighted by Gasteiger charge is 2.19. The molecule has 4 N–H and O–H groups in total. The number of nitrogens with zero attached hydrogens (tertiary/aromatic N) is 1. The van der Waals surface area contributed by atoms with Crippen LogP contribution < -0.4 is 4.74 Å². The maximum atomic E-state index is 11.7. The second-order valence-electron chi connectivity index (χ2n) is 5.51. The van der Waals surface area contributed by atoms with Gasteiger partial charge in [0, 0.05) is 28.6 Å². The van der Waals surface area contributed by atoms with Crippen molar-refractivity contribution in [2.24, 2.45) is 0 Å². The topological polar surface area (TPSA) is 129 Å². The fraction of sp³-hybridized carbons (Fsp3) is 0.111. The van der Waals surface area contributed by atoms with Crippen LogP contribution in [0.4, 0.5) is 0 Å². The number of phenolic OH excluding ortho intramolecular Hbond substituents is 3. The number of rotatable bonds is 3. The minimum Gasteiger partial charge on any atom is -0.508 e. The lowest BCUT2D eigenvalue weighted by Crippen LogP contribution is -2.06. The van der Waals surface area contributed by atoms with Crippen molar-refractivity contribution in [3.05, 3.63) is 41.7 Å². The summed E-state index contributed by atoms with van der Waals surface area (Å²) in [6.45, 7) is 1.65. The number of benzene rings is 2. The monoisotopic (exact) mass is 357 g/mol. The average molecular weight is 357 g/mol. The zero-order valence-electron chi connectivity index (χ0n) is 13.8. The summed E-state index contributed by atoms with van der Waals surface area (Å²) in [5, 5.41) is 40.1. The summed E-state index contributed by atoms with van der Waals surface area (Å²) in [4.78, 5) is 15.7. The zero-order chi connectivity index (χ0) is 19.0. The SMILES string of the molecule is COC(=O)c1nc(C)c2cc(Oc3c(O)cc(O)cc3O)ccc2c1O. The van der Waals surface area contributed by atoms with Gasteiger partial charge in [-0.2, -0.15) is 0 Å². The summed E-state index contributed by atoms with van der Waals surface area (Å²) in [5.41, 5.74) is 0.253. The molecule has 0 fully saturated rings. The van der Waals surface area contributed by atoms with E-state index in [2.05, 4.69) is 9.72 Å². The van der Waals surface area contributed by atoms with Crippen molar-refractivity contribution in [3.8, 4) is 34.5 Å². The Labute approximate surface area is 147 Å². The van der Waals surface area contributed by atoms with E-state index in [1.54, 1.807) is 6.92 Å². The summed E-state index contributed by atoms with van der Waals surface area (Å²) in [6.07, 6.45) is 0. The lowest BCUT2D eigenvalue weighted by atomic mass is 10.1. The van der Waals surface area contributed by atoms with Crippen LogP contribution in [0.5, 0.6) is 34.5 Å². The molecule has 3 rings (SSSR count). The van der Waals surface area contributed by atoms with E-state index in [1.807, 2.05) is 0 Å². The first-order valence-electron chi connectivity index (χ1n) is 7.46. The second-order valence-corrected chi connectivity index (χ2v) is 5.51. The molecule has 0 radical (unpaired) electrons. The van der Waals surface area contributed by atoms with Crippen LogP contribution in [0.25, 0.3) is 10.8 Å². The number of aromatic nitrogens is 1. The van der Waals surface area contributed by atoms with Crippen molar-refractivity contribution >= 4 is 16.7 Å². The number of fused-ring (bicyclic) bond motifs is 1. The highest BCUT2D eigenvalue weighted by molar-refractivity contribution is 6.00. The minimum absolute atomic E-state index is 0.194. The number of aryl methyl sites for hydroxylation is 1. The molecule has 0 spiro atoms. The Morgan fingerprint density at radius 3 is 2.27 bits per heavy atom. The summed E-state index contributed by atoms with van der Waals surface area (Å²) in [6, 6.07) is 6.57. The molecule has 0 aliphatic rings. The number of ether oxygens (including phenoxy) is 2. The molecule has 3 aromatic rings. The average Bonchev–Trinajstić information content (AvgIpc) is 2.60. The molecule has 1 aromatic heterocycles. The Hall–Kier alpha value is -3.68. The number of pyridine rings is 1. The number of carbonyl (C=O) groups is 1. The van der Waals surface area contributed by atoms with Gasteiger partial charge in [-0.05, 0) is 25.1 Å². The van der Waals surface area contributed by atoms with E-state index >= 15 is 0 Å². The quantitative estimate of drug-likeness (QED) is 0.527. The van der Waals surface area contributed by atoms with Crippen molar-refractivity contribution in [1.82, 2.24) is 4.98 Å². The van der Waals surface area contributed by atoms with Gasteiger partial charge in [0.05, 0.1) is 7.11 Å². The van der Waals surface area contributed by atoms with Gasteiger partial charge < -0.3 is 29.9 Å². The van der Waals surface area contributed by atoms with Crippen molar-refractivity contribution in [1.29, 1.82) is 0 Å². The number of carbonyl (C=O) groups excluding carboxylic acids is 1. The molecule has 0 saturated heterocycles. The maximum absolute atomic E-state index is 11.7. The Morgan fingerprint density at radius 2 is 1.65 bits per heavy atom. The highest BCUT2D eigenvalue weighted by atomic mass is 16.5. The van der Waals surface area contributed by atoms with Gasteiger partial charge in [0.1, 0.15) is 11.5 Å². The van der Waals surface area contributed by atoms with Crippen LogP contribution in [-0.4, -0.2) is 38.5 Å². The van der Waals surface area contributed by atoms with Gasteiger partial charge in [0.2, 0.25) is 5.75 Å². The van der Waals surface area contributed by atoms with Gasteiger partial charge in [0.25, 0.3) is 0 Å². The molecular formula is C18H15NO7. The maximum Gasteiger partial charge on any atom is 0.360 e. The lowest BCUT2D eigenvalue weighted by Gasteiger charge is -2.12. The number of phenols is 3. The van der Waals surface area contributed by atoms with E-state index in [9.17, 15) is 25.2 Å². The molecule has 0 aliphatic heterocycles. The summed E-state index contributed by atoms with van der Waals surface area (Å²) < 4.78 is 10.1. The van der Waals surface area contributed by atoms with Gasteiger partial charge in [-0.25, -0.2) is 9.78 Å². The van der Waals surface area contributed by atoms with Crippen LogP contribution in [0.1, 0.15) is 16.2 Å². The minimum atomic E-state index is -0.758. The molecule has 8 heteroatoms. The molecule has 2 aromatic carbocycles. The number of hydrogen-bond acceptors (Lipinski definition) is 8. The third-order valence-electron chi connectivity index (χ3n) is 3.77. The van der Waals surface area contributed by atoms with Crippen molar-refractivity contribution in [3.63, 3.8) is 0 Å². The van der Waals surface area contributed by atoms with Gasteiger partial charge in [-0.3, -0.25) is 0 Å². The zero-order valence-corrected chi connectivity index (χ0v) is 13.8. The molecule has 0 atom stereocenters. The summed E-state index contributed by atoms with van der Waals surface area (Å²) in [5.74, 6) is -2.27. The molecule has 8 nitrogen and oxygen atoms in total. The summed E-state index contributed by atoms with van der Waals surface area (Å²) >= 11 is 0. The molecule has 0 bridgehead atoms. The Morgan fingerprint density at radius 1 is 1.00 bits per heavy atom. The first-order valence-corrected chi connectivity index (χ1v) is 7.46. The standard InChI is InChI=1S/C18H15NO7/c1-8-12-7-10(26-17-13(21)5-9(20)6-14(17)22)3-4-11(12)16(23)15(19-8)18(24)25-2/h3-7,20-23H,1-2H3. The molecule has 1 heterocycles. The van der Waals surface area contributed by atoms with Gasteiger partial charge >= 0.3 is 5.97 Å². The first kappa shape index (κ1) is 17.2. The molecule has 0 saturated carbocycles. The third kappa shape index (κ3) is 2.88. The summed E-state index contributed by atoms with van der Waals surface area (Å²) in [7, 11) is 1.19. The van der Waals surface area contributed by atoms with Gasteiger partial charge in [0.15, 0.2) is 22.9 Å². The Balaban J connectivity index is 2.08. The second kappa shape index (κ2) is 6.32. The molecule has 0 amide bonds. The molecule has 26 heavy (non-hydrogen) atoms. The molecular weight excluding hydrogens is 342 g/mol. The highest BCUT2D eigenvalue weighted by Crippen LogP contribution is 2.42. The van der Waals surface area contributed by atoms with E-state index in [0.717, 1.165) is 12.1 Å². The fourth-order valence-electron chi connectivity index (χ4n) is 2.55. The number of hydrogen-bond donors (Lipinski definition) is 4. The Kier molecular flexibility index (Phi) is 4.17. The number of methoxy groups -OCH3 is 1. The van der Waals surface area contributed by atoms with Crippen molar-refractivity contribution in [2.45, 2.75) is 6.92 Å². The predicted molar refractivity (Wildman–Crippen MR) is 91.0 cm³/mol. The van der Waals surface area contributed by atoms with Crippen LogP contribution in [0.3, 0.4) is 0 Å². The van der Waals surface area contributed by atoms with E-state index in [4.69, 9.17) is 4.74 Å². The van der Waals surface area contributed by atoms with E-state index in [0.29, 0.717) is 16.5 Å². The Bertz CT molecular complexity index is 1010. The van der Waals surface area contributed by atoms with Crippen molar-refractivity contribution in [2.75, 3.05) is 7.11 Å². The van der Waals surface area contributed by atoms with Crippen LogP contribution in [-0.2, 0) is 4.74 Å². The molecule has 0 unspecified atom stereocenters. The first-order chi connectivity index (χ1) is 12.3. The predicted octanol–water partition coefficient (Wildman–Crippen LogP) is 2.94. The molecule has 134 valence electrons. The van der Waals surface area contributed by atoms with Crippen molar-refractivity contribution < 1.29 is 34.7 Å². The van der Waals surface area contributed by atoms with Crippen LogP contribution >= 0.6 is 0 Å². The fourth-order valence-corrected chi connectivity index (χ4v) is 2.55. The van der Waals surface area contributed by atoms with Crippen LogP contribution in [0, 0.1) is 6.92 Å². The number of esters is 1. The van der Waals surface area contributed by atoms with E-state index in [-0.39, 0.29) is 28.7 Å². The number of aromatic hydroxyl groups is 4. The van der Waals surface area contributed by atoms with E-state index in [1.165, 1.54) is 25.3 Å². The van der Waals surface area contributed by atoms with Crippen LogP contribution in [0.2, 0.25) is 0 Å². The molecule has 0 aliphatic carbocycles. The van der Waals surface area contributed by atoms with Crippen LogP contribution in [0.15, 0.2) is 30.3 Å². The van der Waals surface area contributed by atoms with E-state index < -0.39 is 17.5 Å². The van der Waals surface area contributed by atoms with Gasteiger partial charge in [-0.15, -0.1) is 0 Å². The third-order valence-corrected chi connectivity index (χ3v) is 3.77. The van der Waals surface area contributed by atoms with Gasteiger partial charge in [-0.1, -0.05) is 0 Å². The largest absolute Gasteiger partial charge is 0.508 e.